The molecule has 360 valence electrons. The van der Waals surface area contributed by atoms with E-state index in [1.165, 1.54) is 84.9 Å². The van der Waals surface area contributed by atoms with Gasteiger partial charge in [-0.2, -0.15) is 64.4 Å². The first-order valence-corrected chi connectivity index (χ1v) is 25.1. The molecule has 6 rings (SSSR count). The molecule has 0 spiro atoms. The Morgan fingerprint density at radius 2 is 0.686 bits per heavy atom. The SMILES string of the molecule is Cc1cc(NC(=O)C=CC(=O)Nc2ccc(N=Nc3ccc(N=Nc4ccc(S(=O)(=O)O)cc4)cc3S(=O)(=O)O)c(C)c2)ccc1N=Nc1ccc(N=Nc2ccc(S(=O)(=O)O)cc2)cc1S(=O)(=O)O. The fourth-order valence-corrected chi connectivity index (χ4v) is 7.98. The topological polar surface area (TPSA) is 375 Å². The third-order valence-corrected chi connectivity index (χ3v) is 12.6. The predicted octanol–water partition coefficient (Wildman–Crippen LogP) is 10.1. The summed E-state index contributed by atoms with van der Waals surface area (Å²) < 4.78 is 132. The molecule has 0 bridgehead atoms. The molecule has 0 aromatic heterocycles. The van der Waals surface area contributed by atoms with Crippen LogP contribution in [0.1, 0.15) is 11.1 Å². The van der Waals surface area contributed by atoms with Gasteiger partial charge in [-0.25, -0.2) is 0 Å². The monoisotopic (exact) mass is 1030 g/mol. The van der Waals surface area contributed by atoms with Gasteiger partial charge in [0, 0.05) is 23.5 Å². The van der Waals surface area contributed by atoms with Crippen LogP contribution in [-0.4, -0.2) is 63.7 Å². The minimum atomic E-state index is -4.83. The summed E-state index contributed by atoms with van der Waals surface area (Å²) in [6.45, 7) is 3.26. The highest BCUT2D eigenvalue weighted by atomic mass is 32.2. The van der Waals surface area contributed by atoms with E-state index in [9.17, 15) is 52.4 Å². The molecule has 0 unspecified atom stereocenters. The second-order valence-corrected chi connectivity index (χ2v) is 19.9. The third-order valence-electron chi connectivity index (χ3n) is 9.12. The Balaban J connectivity index is 1.04. The van der Waals surface area contributed by atoms with Crippen molar-refractivity contribution in [3.63, 3.8) is 0 Å². The predicted molar refractivity (Wildman–Crippen MR) is 250 cm³/mol. The highest BCUT2D eigenvalue weighted by molar-refractivity contribution is 7.86. The number of anilines is 2. The number of hydrogen-bond donors (Lipinski definition) is 6. The minimum Gasteiger partial charge on any atom is -0.322 e. The molecule has 0 heterocycles. The third kappa shape index (κ3) is 14.3. The number of hydrogen-bond acceptors (Lipinski definition) is 18. The van der Waals surface area contributed by atoms with Gasteiger partial charge < -0.3 is 10.6 Å². The van der Waals surface area contributed by atoms with E-state index in [1.807, 2.05) is 0 Å². The largest absolute Gasteiger partial charge is 0.322 e. The number of nitrogens with one attached hydrogen (secondary N) is 2. The Labute approximate surface area is 398 Å². The van der Waals surface area contributed by atoms with E-state index in [0.29, 0.717) is 22.5 Å². The lowest BCUT2D eigenvalue weighted by Gasteiger charge is -2.07. The number of aryl methyl sites for hydroxylation is 2. The van der Waals surface area contributed by atoms with E-state index in [0.717, 1.165) is 48.6 Å². The molecule has 6 N–H and O–H groups in total. The minimum absolute atomic E-state index is 0.0139. The van der Waals surface area contributed by atoms with E-state index in [-0.39, 0.29) is 55.3 Å². The number of amides is 2. The van der Waals surface area contributed by atoms with Gasteiger partial charge in [0.25, 0.3) is 40.5 Å². The molecule has 6 aromatic rings. The van der Waals surface area contributed by atoms with E-state index >= 15 is 0 Å². The second-order valence-electron chi connectivity index (χ2n) is 14.3. The zero-order valence-electron chi connectivity index (χ0n) is 35.8. The molecule has 0 fully saturated rings. The lowest BCUT2D eigenvalue weighted by atomic mass is 10.2. The zero-order valence-corrected chi connectivity index (χ0v) is 39.0. The standard InChI is InChI=1S/C42H34N10O14S4/c1-25-21-29(7-15-35(25)49-51-37-17-9-31(23-39(37)69(61,62)63)47-45-27-3-11-33(12-4-27)67(55,56)57)43-41(53)19-20-42(54)44-30-8-16-36(26(2)22-30)50-52-38-18-10-32(24-40(38)70(64,65)66)48-46-28-5-13-34(14-6-28)68(58,59)60/h3-24H,1-2H3,(H,43,53)(H,44,54)(H,55,56,57)(H,58,59,60)(H,61,62,63)(H,64,65,66). The van der Waals surface area contributed by atoms with Crippen molar-refractivity contribution in [2.75, 3.05) is 10.6 Å². The lowest BCUT2D eigenvalue weighted by Crippen LogP contribution is -2.12. The smallest absolute Gasteiger partial charge is 0.296 e. The van der Waals surface area contributed by atoms with Crippen molar-refractivity contribution in [3.8, 4) is 0 Å². The normalized spacial score (nSPS) is 12.7. The van der Waals surface area contributed by atoms with E-state index < -0.39 is 62.1 Å². The average Bonchev–Trinajstić information content (AvgIpc) is 3.28. The number of rotatable bonds is 16. The molecule has 0 saturated carbocycles. The first kappa shape index (κ1) is 51.4. The van der Waals surface area contributed by atoms with E-state index in [2.05, 4.69) is 51.5 Å². The van der Waals surface area contributed by atoms with Crippen molar-refractivity contribution in [1.82, 2.24) is 0 Å². The maximum absolute atomic E-state index is 12.7. The Morgan fingerprint density at radius 1 is 0.386 bits per heavy atom. The van der Waals surface area contributed by atoms with Gasteiger partial charge in [-0.1, -0.05) is 0 Å². The molecule has 0 radical (unpaired) electrons. The molecule has 6 aromatic carbocycles. The first-order chi connectivity index (χ1) is 32.8. The van der Waals surface area contributed by atoms with Crippen LogP contribution < -0.4 is 10.6 Å². The molecule has 2 amide bonds. The van der Waals surface area contributed by atoms with Gasteiger partial charge in [-0.05, 0) is 146 Å². The van der Waals surface area contributed by atoms with Gasteiger partial charge in [0.15, 0.2) is 0 Å². The van der Waals surface area contributed by atoms with Crippen molar-refractivity contribution < 1.29 is 61.5 Å². The number of benzene rings is 6. The van der Waals surface area contributed by atoms with Crippen LogP contribution in [0.25, 0.3) is 0 Å². The molecule has 24 nitrogen and oxygen atoms in total. The van der Waals surface area contributed by atoms with Crippen molar-refractivity contribution in [2.45, 2.75) is 33.4 Å². The first-order valence-electron chi connectivity index (χ1n) is 19.4. The van der Waals surface area contributed by atoms with Crippen LogP contribution in [0.3, 0.4) is 0 Å². The number of azo groups is 4. The number of carbonyl (C=O) groups is 2. The Kier molecular flexibility index (Phi) is 15.5. The molecule has 0 saturated heterocycles. The molecule has 0 aliphatic heterocycles. The fourth-order valence-electron chi connectivity index (χ4n) is 5.73. The van der Waals surface area contributed by atoms with Crippen LogP contribution in [0, 0.1) is 13.8 Å². The molecular formula is C42H34N10O14S4. The van der Waals surface area contributed by atoms with Crippen LogP contribution in [0.5, 0.6) is 0 Å². The summed E-state index contributed by atoms with van der Waals surface area (Å²) >= 11 is 0. The second kappa shape index (κ2) is 21.1. The molecule has 0 aliphatic rings. The summed E-state index contributed by atoms with van der Waals surface area (Å²) in [6.07, 6.45) is 1.97. The summed E-state index contributed by atoms with van der Waals surface area (Å²) in [5.74, 6) is -1.34. The zero-order chi connectivity index (χ0) is 51.0. The number of carbonyl (C=O) groups excluding carboxylic acids is 2. The van der Waals surface area contributed by atoms with Crippen molar-refractivity contribution in [3.05, 3.63) is 145 Å². The van der Waals surface area contributed by atoms with Gasteiger partial charge in [-0.15, -0.1) is 10.2 Å². The summed E-state index contributed by atoms with van der Waals surface area (Å²) in [7, 11) is -18.5. The molecule has 70 heavy (non-hydrogen) atoms. The number of nitrogens with zero attached hydrogens (tertiary/aromatic N) is 8. The molecule has 0 atom stereocenters. The quantitative estimate of drug-likeness (QED) is 0.0298. The lowest BCUT2D eigenvalue weighted by molar-refractivity contribution is -0.114. The van der Waals surface area contributed by atoms with E-state index in [4.69, 9.17) is 9.11 Å². The van der Waals surface area contributed by atoms with E-state index in [1.54, 1.807) is 13.8 Å². The van der Waals surface area contributed by atoms with Gasteiger partial charge in [-0.3, -0.25) is 27.8 Å². The van der Waals surface area contributed by atoms with Gasteiger partial charge >= 0.3 is 0 Å². The van der Waals surface area contributed by atoms with Crippen LogP contribution in [0.15, 0.2) is 194 Å². The Hall–Kier alpha value is -7.96. The molecule has 28 heteroatoms. The Morgan fingerprint density at radius 3 is 1.00 bits per heavy atom. The van der Waals surface area contributed by atoms with Crippen molar-refractivity contribution in [2.24, 2.45) is 40.9 Å². The Bertz CT molecular complexity index is 3420. The summed E-state index contributed by atoms with van der Waals surface area (Å²) in [4.78, 5) is 23.3. The highest BCUT2D eigenvalue weighted by Crippen LogP contribution is 2.34. The highest BCUT2D eigenvalue weighted by Gasteiger charge is 2.19. The average molecular weight is 1030 g/mol. The van der Waals surface area contributed by atoms with Crippen LogP contribution >= 0.6 is 0 Å². The van der Waals surface area contributed by atoms with Gasteiger partial charge in [0.2, 0.25) is 11.8 Å². The van der Waals surface area contributed by atoms with Crippen LogP contribution in [-0.2, 0) is 50.1 Å². The van der Waals surface area contributed by atoms with Gasteiger partial charge in [0.1, 0.15) is 21.2 Å². The van der Waals surface area contributed by atoms with Crippen molar-refractivity contribution in [1.29, 1.82) is 0 Å². The summed E-state index contributed by atoms with van der Waals surface area (Å²) in [6, 6.07) is 25.4. The van der Waals surface area contributed by atoms with Crippen LogP contribution in [0.2, 0.25) is 0 Å². The summed E-state index contributed by atoms with van der Waals surface area (Å²) in [5.41, 5.74) is 1.94. The maximum atomic E-state index is 12.7. The maximum Gasteiger partial charge on any atom is 0.296 e. The summed E-state index contributed by atoms with van der Waals surface area (Å²) in [5, 5.41) is 36.8. The molecular weight excluding hydrogens is 997 g/mol. The van der Waals surface area contributed by atoms with Gasteiger partial charge in [0.05, 0.1) is 43.9 Å². The van der Waals surface area contributed by atoms with Crippen LogP contribution in [0.4, 0.5) is 56.9 Å². The molecule has 0 aliphatic carbocycles. The van der Waals surface area contributed by atoms with Crippen molar-refractivity contribution >= 4 is 109 Å². The fraction of sp³-hybridized carbons (Fsp3) is 0.0476.